The molecule has 0 amide bonds. The van der Waals surface area contributed by atoms with Crippen LogP contribution in [0.25, 0.3) is 0 Å². The number of hydrogen-bond donors (Lipinski definition) is 1. The zero-order valence-corrected chi connectivity index (χ0v) is 12.2. The van der Waals surface area contributed by atoms with Crippen LogP contribution in [0.3, 0.4) is 0 Å². The first kappa shape index (κ1) is 15.9. The molecule has 1 N–H and O–H groups in total. The lowest BCUT2D eigenvalue weighted by molar-refractivity contribution is 0.492. The average molecular weight is 314 g/mol. The minimum Gasteiger partial charge on any atom is -0.310 e. The first-order valence-corrected chi connectivity index (χ1v) is 7.01. The Morgan fingerprint density at radius 3 is 2.43 bits per heavy atom. The Balaban J connectivity index is 2.30. The van der Waals surface area contributed by atoms with Gasteiger partial charge < -0.3 is 5.32 Å². The molecule has 1 atom stereocenters. The predicted octanol–water partition coefficient (Wildman–Crippen LogP) is 4.65. The summed E-state index contributed by atoms with van der Waals surface area (Å²) >= 11 is 5.72. The summed E-state index contributed by atoms with van der Waals surface area (Å²) in [5.74, 6) is -1.72. The zero-order chi connectivity index (χ0) is 15.4. The summed E-state index contributed by atoms with van der Waals surface area (Å²) in [5.41, 5.74) is 0.738. The van der Waals surface area contributed by atoms with Crippen LogP contribution in [0.15, 0.2) is 36.4 Å². The molecule has 112 valence electrons. The van der Waals surface area contributed by atoms with Crippen molar-refractivity contribution in [3.63, 3.8) is 0 Å². The van der Waals surface area contributed by atoms with Crippen molar-refractivity contribution in [2.24, 2.45) is 0 Å². The zero-order valence-electron chi connectivity index (χ0n) is 11.5. The molecule has 0 spiro atoms. The second-order valence-corrected chi connectivity index (χ2v) is 5.15. The monoisotopic (exact) mass is 313 g/mol. The van der Waals surface area contributed by atoms with Gasteiger partial charge in [0.05, 0.1) is 0 Å². The topological polar surface area (TPSA) is 12.0 Å². The van der Waals surface area contributed by atoms with Gasteiger partial charge in [-0.15, -0.1) is 0 Å². The van der Waals surface area contributed by atoms with Crippen molar-refractivity contribution in [2.75, 3.05) is 6.54 Å². The summed E-state index contributed by atoms with van der Waals surface area (Å²) in [4.78, 5) is 0. The van der Waals surface area contributed by atoms with E-state index in [1.165, 1.54) is 18.2 Å². The van der Waals surface area contributed by atoms with Crippen molar-refractivity contribution >= 4 is 11.6 Å². The van der Waals surface area contributed by atoms with E-state index in [2.05, 4.69) is 5.32 Å². The number of halogens is 4. The lowest BCUT2D eigenvalue weighted by Gasteiger charge is -2.19. The fraction of sp³-hybridized carbons (Fsp3) is 0.250. The van der Waals surface area contributed by atoms with Crippen molar-refractivity contribution in [1.82, 2.24) is 5.32 Å². The number of rotatable bonds is 5. The van der Waals surface area contributed by atoms with Crippen LogP contribution in [-0.2, 0) is 6.42 Å². The van der Waals surface area contributed by atoms with Crippen molar-refractivity contribution in [3.8, 4) is 0 Å². The van der Waals surface area contributed by atoms with Gasteiger partial charge in [-0.1, -0.05) is 30.7 Å². The minimum absolute atomic E-state index is 0.249. The van der Waals surface area contributed by atoms with E-state index in [0.29, 0.717) is 22.7 Å². The largest absolute Gasteiger partial charge is 0.310 e. The highest BCUT2D eigenvalue weighted by atomic mass is 35.5. The summed E-state index contributed by atoms with van der Waals surface area (Å²) < 4.78 is 40.8. The van der Waals surface area contributed by atoms with Crippen molar-refractivity contribution in [2.45, 2.75) is 19.4 Å². The maximum Gasteiger partial charge on any atom is 0.130 e. The van der Waals surface area contributed by atoms with Gasteiger partial charge in [-0.2, -0.15) is 0 Å². The third-order valence-corrected chi connectivity index (χ3v) is 3.46. The Kier molecular flexibility index (Phi) is 5.26. The maximum atomic E-state index is 13.9. The third-order valence-electron chi connectivity index (χ3n) is 3.23. The number of nitrogens with one attached hydrogen (secondary N) is 1. The molecule has 2 aromatic rings. The summed E-state index contributed by atoms with van der Waals surface area (Å²) in [5, 5.41) is 3.40. The van der Waals surface area contributed by atoms with E-state index in [4.69, 9.17) is 11.6 Å². The highest BCUT2D eigenvalue weighted by Gasteiger charge is 2.18. The van der Waals surface area contributed by atoms with E-state index in [1.807, 2.05) is 6.92 Å². The molecular formula is C16H15ClF3N. The number of likely N-dealkylation sites (N-methyl/N-ethyl adjacent to an activating group) is 1. The van der Waals surface area contributed by atoms with Crippen LogP contribution >= 0.6 is 11.6 Å². The van der Waals surface area contributed by atoms with Crippen molar-refractivity contribution < 1.29 is 13.2 Å². The standard InChI is InChI=1S/C16H15ClF3N/c1-2-21-16(13-6-5-12(18)9-15(13)20)7-10-3-4-11(17)8-14(10)19/h3-6,8-9,16,21H,2,7H2,1H3. The average Bonchev–Trinajstić information content (AvgIpc) is 2.41. The lowest BCUT2D eigenvalue weighted by atomic mass is 9.98. The molecule has 0 saturated carbocycles. The van der Waals surface area contributed by atoms with Gasteiger partial charge in [0.1, 0.15) is 17.5 Å². The fourth-order valence-electron chi connectivity index (χ4n) is 2.23. The Hall–Kier alpha value is -1.52. The van der Waals surface area contributed by atoms with Crippen LogP contribution in [0.4, 0.5) is 13.2 Å². The molecule has 2 rings (SSSR count). The Morgan fingerprint density at radius 1 is 1.05 bits per heavy atom. The van der Waals surface area contributed by atoms with Crippen LogP contribution in [0, 0.1) is 17.5 Å². The van der Waals surface area contributed by atoms with Gasteiger partial charge in [0.2, 0.25) is 0 Å². The molecule has 5 heteroatoms. The van der Waals surface area contributed by atoms with E-state index in [0.717, 1.165) is 6.07 Å². The molecule has 0 aromatic heterocycles. The van der Waals surface area contributed by atoms with Gasteiger partial charge >= 0.3 is 0 Å². The normalized spacial score (nSPS) is 12.4. The Bertz CT molecular complexity index is 631. The van der Waals surface area contributed by atoms with Gasteiger partial charge in [0.15, 0.2) is 0 Å². The van der Waals surface area contributed by atoms with E-state index in [-0.39, 0.29) is 6.42 Å². The molecule has 0 heterocycles. The SMILES string of the molecule is CCNC(Cc1ccc(Cl)cc1F)c1ccc(F)cc1F. The van der Waals surface area contributed by atoms with E-state index in [1.54, 1.807) is 12.1 Å². The maximum absolute atomic E-state index is 13.9. The molecule has 0 fully saturated rings. The molecule has 0 aliphatic rings. The van der Waals surface area contributed by atoms with Gasteiger partial charge in [0.25, 0.3) is 0 Å². The van der Waals surface area contributed by atoms with E-state index >= 15 is 0 Å². The van der Waals surface area contributed by atoms with Gasteiger partial charge in [0, 0.05) is 22.7 Å². The van der Waals surface area contributed by atoms with E-state index in [9.17, 15) is 13.2 Å². The van der Waals surface area contributed by atoms with E-state index < -0.39 is 23.5 Å². The molecule has 0 bridgehead atoms. The van der Waals surface area contributed by atoms with Gasteiger partial charge in [-0.25, -0.2) is 13.2 Å². The lowest BCUT2D eigenvalue weighted by Crippen LogP contribution is -2.24. The first-order chi connectivity index (χ1) is 10.0. The summed E-state index contributed by atoms with van der Waals surface area (Å²) in [6, 6.07) is 7.35. The molecule has 0 aliphatic carbocycles. The molecule has 0 aliphatic heterocycles. The van der Waals surface area contributed by atoms with Crippen LogP contribution in [-0.4, -0.2) is 6.54 Å². The smallest absolute Gasteiger partial charge is 0.130 e. The number of benzene rings is 2. The Morgan fingerprint density at radius 2 is 1.81 bits per heavy atom. The molecule has 21 heavy (non-hydrogen) atoms. The summed E-state index contributed by atoms with van der Waals surface area (Å²) in [7, 11) is 0. The highest BCUT2D eigenvalue weighted by molar-refractivity contribution is 6.30. The molecule has 0 radical (unpaired) electrons. The van der Waals surface area contributed by atoms with Crippen molar-refractivity contribution in [3.05, 3.63) is 70.0 Å². The highest BCUT2D eigenvalue weighted by Crippen LogP contribution is 2.24. The molecular weight excluding hydrogens is 299 g/mol. The summed E-state index contributed by atoms with van der Waals surface area (Å²) in [6.07, 6.45) is 0.249. The minimum atomic E-state index is -0.643. The molecule has 1 unspecified atom stereocenters. The predicted molar refractivity (Wildman–Crippen MR) is 77.9 cm³/mol. The van der Waals surface area contributed by atoms with Crippen LogP contribution in [0.2, 0.25) is 5.02 Å². The van der Waals surface area contributed by atoms with Crippen LogP contribution in [0.5, 0.6) is 0 Å². The number of hydrogen-bond acceptors (Lipinski definition) is 1. The van der Waals surface area contributed by atoms with Gasteiger partial charge in [-0.3, -0.25) is 0 Å². The molecule has 2 aromatic carbocycles. The second kappa shape index (κ2) is 6.96. The second-order valence-electron chi connectivity index (χ2n) is 4.72. The molecule has 0 saturated heterocycles. The fourth-order valence-corrected chi connectivity index (χ4v) is 2.39. The quantitative estimate of drug-likeness (QED) is 0.847. The Labute approximate surface area is 126 Å². The summed E-state index contributed by atoms with van der Waals surface area (Å²) in [6.45, 7) is 2.45. The van der Waals surface area contributed by atoms with Crippen LogP contribution in [0.1, 0.15) is 24.1 Å². The van der Waals surface area contributed by atoms with Crippen molar-refractivity contribution in [1.29, 1.82) is 0 Å². The first-order valence-electron chi connectivity index (χ1n) is 6.63. The third kappa shape index (κ3) is 3.99. The van der Waals surface area contributed by atoms with Gasteiger partial charge in [-0.05, 0) is 36.7 Å². The molecule has 1 nitrogen and oxygen atoms in total. The van der Waals surface area contributed by atoms with Crippen LogP contribution < -0.4 is 5.32 Å².